The maximum atomic E-state index is 2.44. The third kappa shape index (κ3) is 8.73. The van der Waals surface area contributed by atoms with Crippen LogP contribution in [0, 0.1) is 6.92 Å². The highest BCUT2D eigenvalue weighted by atomic mass is 15.2. The van der Waals surface area contributed by atoms with E-state index in [0.717, 1.165) is 13.1 Å². The van der Waals surface area contributed by atoms with Crippen molar-refractivity contribution in [2.24, 2.45) is 0 Å². The highest BCUT2D eigenvalue weighted by Gasteiger charge is 2.43. The minimum absolute atomic E-state index is 0.0190. The Morgan fingerprint density at radius 1 is 0.558 bits per heavy atom. The van der Waals surface area contributed by atoms with Gasteiger partial charge in [0.1, 0.15) is 14.1 Å². The molecule has 0 spiro atoms. The van der Waals surface area contributed by atoms with Crippen LogP contribution >= 0.6 is 0 Å². The lowest BCUT2D eigenvalue weighted by atomic mass is 9.81. The molecule has 0 N–H and O–H groups in total. The van der Waals surface area contributed by atoms with Crippen LogP contribution in [0.2, 0.25) is 0 Å². The fourth-order valence-corrected chi connectivity index (χ4v) is 7.66. The molecular weight excluding hydrogens is 633 g/mol. The van der Waals surface area contributed by atoms with E-state index in [1.54, 1.807) is 0 Å². The molecule has 4 nitrogen and oxygen atoms in total. The van der Waals surface area contributed by atoms with Crippen molar-refractivity contribution in [3.05, 3.63) is 137 Å². The molecule has 0 saturated carbocycles. The van der Waals surface area contributed by atoms with E-state index in [0.29, 0.717) is 0 Å². The summed E-state index contributed by atoms with van der Waals surface area (Å²) in [5.41, 5.74) is 13.2. The number of rotatable bonds is 12. The summed E-state index contributed by atoms with van der Waals surface area (Å²) in [6, 6.07) is 35.0. The fraction of sp³-hybridized carbons (Fsp3) is 0.375. The van der Waals surface area contributed by atoms with Crippen LogP contribution < -0.4 is 4.90 Å². The maximum absolute atomic E-state index is 2.44. The van der Waals surface area contributed by atoms with Crippen molar-refractivity contribution in [3.8, 4) is 0 Å². The summed E-state index contributed by atoms with van der Waals surface area (Å²) in [7, 11) is 8.75. The maximum Gasteiger partial charge on any atom is 0.209 e. The summed E-state index contributed by atoms with van der Waals surface area (Å²) >= 11 is 0. The van der Waals surface area contributed by atoms with Crippen molar-refractivity contribution in [2.45, 2.75) is 71.6 Å². The number of nitrogens with zero attached hydrogens (tertiary/aromatic N) is 4. The van der Waals surface area contributed by atoms with Gasteiger partial charge in [-0.1, -0.05) is 98.1 Å². The molecule has 0 atom stereocenters. The van der Waals surface area contributed by atoms with E-state index in [2.05, 4.69) is 210 Å². The van der Waals surface area contributed by atoms with Gasteiger partial charge in [0.2, 0.25) is 11.4 Å². The zero-order chi connectivity index (χ0) is 37.5. The molecule has 2 aliphatic rings. The molecule has 0 amide bonds. The van der Waals surface area contributed by atoms with Gasteiger partial charge in [-0.2, -0.15) is 9.15 Å². The van der Waals surface area contributed by atoms with E-state index in [1.807, 2.05) is 0 Å². The average molecular weight is 695 g/mol. The Kier molecular flexibility index (Phi) is 12.5. The summed E-state index contributed by atoms with van der Waals surface area (Å²) in [6.45, 7) is 16.9. The van der Waals surface area contributed by atoms with Crippen LogP contribution in [0.4, 0.5) is 17.1 Å². The summed E-state index contributed by atoms with van der Waals surface area (Å²) in [4.78, 5) is 4.79. The molecule has 0 fully saturated rings. The van der Waals surface area contributed by atoms with Gasteiger partial charge in [-0.05, 0) is 90.0 Å². The Hall–Kier alpha value is -4.54. The largest absolute Gasteiger partial charge is 0.373 e. The Balaban J connectivity index is 0.000000216. The minimum Gasteiger partial charge on any atom is -0.373 e. The van der Waals surface area contributed by atoms with Gasteiger partial charge in [0.05, 0.1) is 10.8 Å². The number of allylic oxidation sites excluding steroid dienone is 2. The van der Waals surface area contributed by atoms with Crippen molar-refractivity contribution < 1.29 is 9.15 Å². The zero-order valence-corrected chi connectivity index (χ0v) is 33.6. The molecule has 2 aliphatic heterocycles. The standard InChI is InChI=1S/C28H40N3.C20H22N/c1-7-8-11-20-29(4)21-22-30(5)24-17-14-23(15-18-24)16-19-27-28(2,3)25-12-9-10-13-26(25)31(27)6;1-15-9-11-16(12-10-15)13-14-19-20(2,3)17-7-5-6-8-18(17)21(19)4/h9-10,12-19H,7-8,11,20-22H2,1-6H3;5-14H,1-4H3/q2*+1/b;14-13+. The van der Waals surface area contributed by atoms with Gasteiger partial charge >= 0.3 is 0 Å². The number of benzene rings is 4. The first kappa shape index (κ1) is 38.7. The lowest BCUT2D eigenvalue weighted by Gasteiger charge is -2.23. The summed E-state index contributed by atoms with van der Waals surface area (Å²) in [5.74, 6) is 0. The highest BCUT2D eigenvalue weighted by Crippen LogP contribution is 2.40. The van der Waals surface area contributed by atoms with E-state index in [1.165, 1.54) is 82.1 Å². The minimum atomic E-state index is 0.0190. The Morgan fingerprint density at radius 3 is 1.48 bits per heavy atom. The number of aryl methyl sites for hydroxylation is 1. The number of hydrogen-bond acceptors (Lipinski definition) is 2. The van der Waals surface area contributed by atoms with E-state index in [4.69, 9.17) is 0 Å². The van der Waals surface area contributed by atoms with Crippen LogP contribution in [0.5, 0.6) is 0 Å². The molecule has 6 rings (SSSR count). The SMILES string of the molecule is CCCCCN(C)CCN(C)c1ccc(/C=C/C2=[N+](C)c3ccccc3C2(C)C)cc1.Cc1ccc(/C=C/C2=[N+](C)c3ccccc3C2(C)C)cc1. The van der Waals surface area contributed by atoms with E-state index >= 15 is 0 Å². The van der Waals surface area contributed by atoms with Crippen LogP contribution in [0.1, 0.15) is 81.7 Å². The first-order valence-electron chi connectivity index (χ1n) is 19.2. The summed E-state index contributed by atoms with van der Waals surface area (Å²) in [6.07, 6.45) is 12.9. The number of hydrogen-bond donors (Lipinski definition) is 0. The van der Waals surface area contributed by atoms with Gasteiger partial charge in [-0.25, -0.2) is 0 Å². The molecule has 0 saturated heterocycles. The lowest BCUT2D eigenvalue weighted by molar-refractivity contribution is -0.401. The smallest absolute Gasteiger partial charge is 0.209 e. The predicted octanol–water partition coefficient (Wildman–Crippen LogP) is 10.7. The molecule has 4 aromatic rings. The molecule has 2 heterocycles. The first-order chi connectivity index (χ1) is 24.8. The van der Waals surface area contributed by atoms with E-state index in [9.17, 15) is 0 Å². The van der Waals surface area contributed by atoms with Gasteiger partial charge in [-0.3, -0.25) is 0 Å². The molecule has 0 unspecified atom stereocenters. The van der Waals surface area contributed by atoms with Crippen LogP contribution in [-0.4, -0.2) is 73.3 Å². The number of para-hydroxylation sites is 2. The third-order valence-electron chi connectivity index (χ3n) is 11.1. The topological polar surface area (TPSA) is 12.5 Å². The van der Waals surface area contributed by atoms with Gasteiger partial charge in [0, 0.05) is 61.2 Å². The number of anilines is 1. The van der Waals surface area contributed by atoms with Gasteiger partial charge in [0.15, 0.2) is 11.4 Å². The number of unbranched alkanes of at least 4 members (excludes halogenated alkanes) is 2. The number of likely N-dealkylation sites (N-methyl/N-ethyl adjacent to an activating group) is 2. The van der Waals surface area contributed by atoms with E-state index < -0.39 is 0 Å². The van der Waals surface area contributed by atoms with Crippen molar-refractivity contribution in [3.63, 3.8) is 0 Å². The predicted molar refractivity (Wildman–Crippen MR) is 227 cm³/mol. The second kappa shape index (κ2) is 16.9. The molecule has 4 aromatic carbocycles. The third-order valence-corrected chi connectivity index (χ3v) is 11.1. The van der Waals surface area contributed by atoms with Crippen molar-refractivity contribution >= 4 is 40.6 Å². The zero-order valence-electron chi connectivity index (χ0n) is 33.6. The van der Waals surface area contributed by atoms with Gasteiger partial charge in [0.25, 0.3) is 0 Å². The van der Waals surface area contributed by atoms with Crippen molar-refractivity contribution in [2.75, 3.05) is 52.7 Å². The molecule has 0 aromatic heterocycles. The summed E-state index contributed by atoms with van der Waals surface area (Å²) < 4.78 is 4.63. The number of fused-ring (bicyclic) bond motifs is 2. The monoisotopic (exact) mass is 694 g/mol. The van der Waals surface area contributed by atoms with E-state index in [-0.39, 0.29) is 10.8 Å². The first-order valence-corrected chi connectivity index (χ1v) is 19.2. The molecule has 0 radical (unpaired) electrons. The lowest BCUT2D eigenvalue weighted by Crippen LogP contribution is -2.31. The van der Waals surface area contributed by atoms with Crippen LogP contribution in [0.15, 0.2) is 109 Å². The molecule has 272 valence electrons. The highest BCUT2D eigenvalue weighted by molar-refractivity contribution is 6.06. The van der Waals surface area contributed by atoms with Crippen LogP contribution in [-0.2, 0) is 10.8 Å². The average Bonchev–Trinajstić information content (AvgIpc) is 3.46. The van der Waals surface area contributed by atoms with Gasteiger partial charge < -0.3 is 9.80 Å². The fourth-order valence-electron chi connectivity index (χ4n) is 7.66. The normalized spacial score (nSPS) is 15.8. The molecule has 4 heteroatoms. The Labute approximate surface area is 315 Å². The Morgan fingerprint density at radius 2 is 1.02 bits per heavy atom. The quantitative estimate of drug-likeness (QED) is 0.108. The second-order valence-electron chi connectivity index (χ2n) is 15.8. The second-order valence-corrected chi connectivity index (χ2v) is 15.8. The molecular formula is C48H62N4+2. The molecule has 0 aliphatic carbocycles. The van der Waals surface area contributed by atoms with Crippen LogP contribution in [0.25, 0.3) is 12.2 Å². The molecule has 0 bridgehead atoms. The van der Waals surface area contributed by atoms with Crippen molar-refractivity contribution in [1.29, 1.82) is 0 Å². The Bertz CT molecular complexity index is 1940. The van der Waals surface area contributed by atoms with Gasteiger partial charge in [-0.15, -0.1) is 0 Å². The summed E-state index contributed by atoms with van der Waals surface area (Å²) in [5, 5.41) is 0. The molecule has 52 heavy (non-hydrogen) atoms. The van der Waals surface area contributed by atoms with Crippen LogP contribution in [0.3, 0.4) is 0 Å². The van der Waals surface area contributed by atoms with Crippen molar-refractivity contribution in [1.82, 2.24) is 4.90 Å².